The zero-order valence-electron chi connectivity index (χ0n) is 13.9. The predicted octanol–water partition coefficient (Wildman–Crippen LogP) is 2.31. The number of nitrogens with one attached hydrogen (secondary N) is 1. The number of benzene rings is 1. The summed E-state index contributed by atoms with van der Waals surface area (Å²) in [7, 11) is 0. The molecule has 2 aromatic rings. The zero-order chi connectivity index (χ0) is 18.6. The number of ether oxygens (including phenoxy) is 1. The number of aromatic carboxylic acids is 1. The van der Waals surface area contributed by atoms with Crippen molar-refractivity contribution in [2.24, 2.45) is 0 Å². The van der Waals surface area contributed by atoms with Gasteiger partial charge in [-0.1, -0.05) is 23.7 Å². The van der Waals surface area contributed by atoms with Gasteiger partial charge in [0.05, 0.1) is 12.4 Å². The van der Waals surface area contributed by atoms with Crippen molar-refractivity contribution >= 4 is 23.5 Å². The molecule has 1 aromatic carbocycles. The highest BCUT2D eigenvalue weighted by Gasteiger charge is 2.35. The Bertz CT molecular complexity index is 787. The van der Waals surface area contributed by atoms with Crippen LogP contribution in [0.15, 0.2) is 36.7 Å². The van der Waals surface area contributed by atoms with E-state index in [1.165, 1.54) is 0 Å². The maximum Gasteiger partial charge on any atom is 0.356 e. The van der Waals surface area contributed by atoms with Crippen molar-refractivity contribution in [3.8, 4) is 0 Å². The van der Waals surface area contributed by atoms with Crippen LogP contribution >= 0.6 is 11.6 Å². The van der Waals surface area contributed by atoms with Gasteiger partial charge in [0.2, 0.25) is 0 Å². The van der Waals surface area contributed by atoms with Gasteiger partial charge in [0, 0.05) is 30.2 Å². The minimum Gasteiger partial charge on any atom is -0.476 e. The van der Waals surface area contributed by atoms with Crippen LogP contribution in [0.1, 0.15) is 39.4 Å². The predicted molar refractivity (Wildman–Crippen MR) is 94.5 cm³/mol. The molecule has 8 heteroatoms. The molecular weight excluding hydrogens is 358 g/mol. The molecule has 0 radical (unpaired) electrons. The highest BCUT2D eigenvalue weighted by molar-refractivity contribution is 6.30. The maximum atomic E-state index is 12.4. The normalized spacial score (nSPS) is 16.0. The summed E-state index contributed by atoms with van der Waals surface area (Å²) in [4.78, 5) is 30.8. The average molecular weight is 376 g/mol. The number of aromatic nitrogens is 2. The molecule has 1 aliphatic rings. The fourth-order valence-electron chi connectivity index (χ4n) is 3.03. The monoisotopic (exact) mass is 375 g/mol. The van der Waals surface area contributed by atoms with Gasteiger partial charge in [-0.3, -0.25) is 4.79 Å². The third kappa shape index (κ3) is 4.00. The summed E-state index contributed by atoms with van der Waals surface area (Å²) in [6.45, 7) is 1.65. The number of rotatable bonds is 5. The number of hydrogen-bond donors (Lipinski definition) is 2. The van der Waals surface area contributed by atoms with Crippen molar-refractivity contribution in [1.29, 1.82) is 0 Å². The minimum absolute atomic E-state index is 0.0771. The van der Waals surface area contributed by atoms with Gasteiger partial charge in [-0.2, -0.15) is 0 Å². The van der Waals surface area contributed by atoms with Gasteiger partial charge in [0.15, 0.2) is 5.69 Å². The lowest BCUT2D eigenvalue weighted by atomic mass is 9.74. The third-order valence-corrected chi connectivity index (χ3v) is 4.85. The van der Waals surface area contributed by atoms with E-state index in [4.69, 9.17) is 21.4 Å². The molecule has 1 saturated heterocycles. The molecular formula is C18H18ClN3O4. The van der Waals surface area contributed by atoms with Crippen LogP contribution in [0.5, 0.6) is 0 Å². The lowest BCUT2D eigenvalue weighted by molar-refractivity contribution is 0.0486. The molecule has 1 fully saturated rings. The molecule has 1 aromatic heterocycles. The minimum atomic E-state index is -1.19. The van der Waals surface area contributed by atoms with Gasteiger partial charge >= 0.3 is 5.97 Å². The van der Waals surface area contributed by atoms with Gasteiger partial charge in [-0.05, 0) is 30.5 Å². The Morgan fingerprint density at radius 2 is 1.73 bits per heavy atom. The molecule has 7 nitrogen and oxygen atoms in total. The van der Waals surface area contributed by atoms with Gasteiger partial charge in [-0.15, -0.1) is 0 Å². The Balaban J connectivity index is 1.74. The number of carboxylic acids is 1. The summed E-state index contributed by atoms with van der Waals surface area (Å²) in [5.41, 5.74) is 0.724. The molecule has 1 amide bonds. The van der Waals surface area contributed by atoms with E-state index in [-0.39, 0.29) is 16.8 Å². The Labute approximate surface area is 155 Å². The molecule has 0 spiro atoms. The first kappa shape index (κ1) is 18.3. The van der Waals surface area contributed by atoms with Crippen molar-refractivity contribution in [2.75, 3.05) is 19.8 Å². The quantitative estimate of drug-likeness (QED) is 0.831. The first-order chi connectivity index (χ1) is 12.5. The Hall–Kier alpha value is -2.51. The summed E-state index contributed by atoms with van der Waals surface area (Å²) in [5, 5.41) is 12.4. The van der Waals surface area contributed by atoms with Gasteiger partial charge in [-0.25, -0.2) is 14.8 Å². The largest absolute Gasteiger partial charge is 0.476 e. The number of carbonyl (C=O) groups excluding carboxylic acids is 1. The molecule has 2 heterocycles. The van der Waals surface area contributed by atoms with Crippen LogP contribution < -0.4 is 5.32 Å². The molecule has 0 saturated carbocycles. The molecule has 0 atom stereocenters. The lowest BCUT2D eigenvalue weighted by Crippen LogP contribution is -2.44. The highest BCUT2D eigenvalue weighted by Crippen LogP contribution is 2.34. The second-order valence-electron chi connectivity index (χ2n) is 6.17. The Morgan fingerprint density at radius 1 is 1.12 bits per heavy atom. The Kier molecular flexibility index (Phi) is 5.49. The molecule has 0 unspecified atom stereocenters. The number of amides is 1. The topological polar surface area (TPSA) is 101 Å². The molecule has 0 aliphatic carbocycles. The smallest absolute Gasteiger partial charge is 0.356 e. The number of carboxylic acid groups (broad SMARTS) is 1. The van der Waals surface area contributed by atoms with Crippen LogP contribution in [-0.2, 0) is 10.2 Å². The number of halogens is 1. The fraction of sp³-hybridized carbons (Fsp3) is 0.333. The molecule has 2 N–H and O–H groups in total. The summed E-state index contributed by atoms with van der Waals surface area (Å²) in [6.07, 6.45) is 3.79. The van der Waals surface area contributed by atoms with Crippen LogP contribution in [0.2, 0.25) is 5.02 Å². The fourth-order valence-corrected chi connectivity index (χ4v) is 3.15. The summed E-state index contributed by atoms with van der Waals surface area (Å²) >= 11 is 5.99. The van der Waals surface area contributed by atoms with E-state index in [1.807, 2.05) is 24.3 Å². The lowest BCUT2D eigenvalue weighted by Gasteiger charge is -2.38. The van der Waals surface area contributed by atoms with Crippen molar-refractivity contribution in [3.63, 3.8) is 0 Å². The van der Waals surface area contributed by atoms with E-state index in [0.29, 0.717) is 24.8 Å². The first-order valence-electron chi connectivity index (χ1n) is 8.17. The summed E-state index contributed by atoms with van der Waals surface area (Å²) < 4.78 is 5.48. The standard InChI is InChI=1S/C18H18ClN3O4/c19-13-3-1-12(2-4-13)18(5-7-26-8-6-18)11-22-16(23)14-9-21-15(10-20-14)17(24)25/h1-4,9-10H,5-8,11H2,(H,22,23)(H,24,25). The molecule has 0 bridgehead atoms. The van der Waals surface area contributed by atoms with Crippen molar-refractivity contribution in [2.45, 2.75) is 18.3 Å². The average Bonchev–Trinajstić information content (AvgIpc) is 2.67. The van der Waals surface area contributed by atoms with E-state index >= 15 is 0 Å². The second-order valence-corrected chi connectivity index (χ2v) is 6.61. The van der Waals surface area contributed by atoms with Gasteiger partial charge < -0.3 is 15.2 Å². The molecule has 3 rings (SSSR count). The SMILES string of the molecule is O=C(O)c1cnc(C(=O)NCC2(c3ccc(Cl)cc3)CCOCC2)cn1. The molecule has 1 aliphatic heterocycles. The maximum absolute atomic E-state index is 12.4. The summed E-state index contributed by atoms with van der Waals surface area (Å²) in [5.74, 6) is -1.58. The zero-order valence-corrected chi connectivity index (χ0v) is 14.7. The van der Waals surface area contributed by atoms with E-state index in [1.54, 1.807) is 0 Å². The van der Waals surface area contributed by atoms with E-state index < -0.39 is 11.9 Å². The molecule has 136 valence electrons. The number of hydrogen-bond acceptors (Lipinski definition) is 5. The van der Waals surface area contributed by atoms with E-state index in [0.717, 1.165) is 30.8 Å². The van der Waals surface area contributed by atoms with Crippen LogP contribution in [0, 0.1) is 0 Å². The van der Waals surface area contributed by atoms with Crippen LogP contribution in [-0.4, -0.2) is 46.7 Å². The third-order valence-electron chi connectivity index (χ3n) is 4.60. The van der Waals surface area contributed by atoms with Crippen LogP contribution in [0.25, 0.3) is 0 Å². The highest BCUT2D eigenvalue weighted by atomic mass is 35.5. The first-order valence-corrected chi connectivity index (χ1v) is 8.55. The second kappa shape index (κ2) is 7.80. The van der Waals surface area contributed by atoms with Gasteiger partial charge in [0.1, 0.15) is 5.69 Å². The summed E-state index contributed by atoms with van der Waals surface area (Å²) in [6, 6.07) is 7.63. The van der Waals surface area contributed by atoms with E-state index in [9.17, 15) is 9.59 Å². The van der Waals surface area contributed by atoms with Gasteiger partial charge in [0.25, 0.3) is 5.91 Å². The van der Waals surface area contributed by atoms with Crippen LogP contribution in [0.3, 0.4) is 0 Å². The van der Waals surface area contributed by atoms with Crippen molar-refractivity contribution in [3.05, 3.63) is 58.6 Å². The van der Waals surface area contributed by atoms with Crippen LogP contribution in [0.4, 0.5) is 0 Å². The van der Waals surface area contributed by atoms with Crippen molar-refractivity contribution in [1.82, 2.24) is 15.3 Å². The Morgan fingerprint density at radius 3 is 2.31 bits per heavy atom. The number of carbonyl (C=O) groups is 2. The number of nitrogens with zero attached hydrogens (tertiary/aromatic N) is 2. The molecule has 26 heavy (non-hydrogen) atoms. The van der Waals surface area contributed by atoms with E-state index in [2.05, 4.69) is 15.3 Å². The van der Waals surface area contributed by atoms with Crippen molar-refractivity contribution < 1.29 is 19.4 Å².